The second kappa shape index (κ2) is 7.31. The van der Waals surface area contributed by atoms with Crippen molar-refractivity contribution in [2.45, 2.75) is 38.3 Å². The third kappa shape index (κ3) is 4.11. The lowest BCUT2D eigenvalue weighted by Crippen LogP contribution is -2.41. The Hall–Kier alpha value is -1.75. The van der Waals surface area contributed by atoms with E-state index in [9.17, 15) is 4.79 Å². The van der Waals surface area contributed by atoms with Crippen LogP contribution in [0.4, 0.5) is 0 Å². The number of benzene rings is 1. The molecule has 1 aliphatic rings. The normalized spacial score (nSPS) is 19.1. The highest BCUT2D eigenvalue weighted by Crippen LogP contribution is 2.24. The average Bonchev–Trinajstić information content (AvgIpc) is 3.01. The molecule has 0 spiro atoms. The van der Waals surface area contributed by atoms with Gasteiger partial charge in [-0.1, -0.05) is 0 Å². The third-order valence-electron chi connectivity index (χ3n) is 3.75. The molecule has 1 heterocycles. The van der Waals surface area contributed by atoms with Crippen LogP contribution in [0.1, 0.15) is 25.3 Å². The fourth-order valence-corrected chi connectivity index (χ4v) is 2.59. The second-order valence-corrected chi connectivity index (χ2v) is 5.26. The Morgan fingerprint density at radius 3 is 2.86 bits per heavy atom. The van der Waals surface area contributed by atoms with Gasteiger partial charge in [0.25, 0.3) is 0 Å². The zero-order valence-electron chi connectivity index (χ0n) is 12.8. The Kier molecular flexibility index (Phi) is 5.44. The van der Waals surface area contributed by atoms with Gasteiger partial charge in [-0.05, 0) is 38.0 Å². The lowest BCUT2D eigenvalue weighted by atomic mass is 10.1. The first-order valence-electron chi connectivity index (χ1n) is 7.26. The van der Waals surface area contributed by atoms with Gasteiger partial charge in [0.15, 0.2) is 0 Å². The minimum atomic E-state index is -0.0375. The van der Waals surface area contributed by atoms with Crippen LogP contribution in [0.25, 0.3) is 0 Å². The fourth-order valence-electron chi connectivity index (χ4n) is 2.59. The van der Waals surface area contributed by atoms with Gasteiger partial charge in [-0.2, -0.15) is 0 Å². The molecule has 1 saturated heterocycles. The summed E-state index contributed by atoms with van der Waals surface area (Å²) >= 11 is 0. The van der Waals surface area contributed by atoms with Gasteiger partial charge in [-0.25, -0.2) is 0 Å². The van der Waals surface area contributed by atoms with Crippen LogP contribution >= 0.6 is 0 Å². The Bertz CT molecular complexity index is 483. The highest BCUT2D eigenvalue weighted by Gasteiger charge is 2.23. The molecule has 1 aromatic carbocycles. The standard InChI is InChI=1S/C16H23NO4/c1-11(14-5-4-8-21-14)17-16(18)10-12-9-13(19-2)6-7-15(12)20-3/h6-7,9,11,14H,4-5,8,10H2,1-3H3,(H,17,18). The Morgan fingerprint density at radius 2 is 2.24 bits per heavy atom. The molecule has 0 aromatic heterocycles. The van der Waals surface area contributed by atoms with E-state index in [-0.39, 0.29) is 24.5 Å². The van der Waals surface area contributed by atoms with Gasteiger partial charge in [0, 0.05) is 12.2 Å². The SMILES string of the molecule is COc1ccc(OC)c(CC(=O)NC(C)C2CCCO2)c1. The molecule has 116 valence electrons. The molecule has 1 N–H and O–H groups in total. The van der Waals surface area contributed by atoms with Crippen molar-refractivity contribution < 1.29 is 19.0 Å². The van der Waals surface area contributed by atoms with Crippen LogP contribution in [-0.2, 0) is 16.0 Å². The summed E-state index contributed by atoms with van der Waals surface area (Å²) in [6.45, 7) is 2.77. The number of methoxy groups -OCH3 is 2. The van der Waals surface area contributed by atoms with E-state index in [0.29, 0.717) is 11.5 Å². The van der Waals surface area contributed by atoms with E-state index in [1.54, 1.807) is 14.2 Å². The Labute approximate surface area is 125 Å². The van der Waals surface area contributed by atoms with Crippen LogP contribution in [0, 0.1) is 0 Å². The summed E-state index contributed by atoms with van der Waals surface area (Å²) in [7, 11) is 3.20. The number of carbonyl (C=O) groups is 1. The highest BCUT2D eigenvalue weighted by molar-refractivity contribution is 5.79. The maximum Gasteiger partial charge on any atom is 0.224 e. The number of ether oxygens (including phenoxy) is 3. The first kappa shape index (κ1) is 15.6. The van der Waals surface area contributed by atoms with E-state index in [1.165, 1.54) is 0 Å². The third-order valence-corrected chi connectivity index (χ3v) is 3.75. The Morgan fingerprint density at radius 1 is 1.43 bits per heavy atom. The second-order valence-electron chi connectivity index (χ2n) is 5.26. The molecule has 0 saturated carbocycles. The molecular formula is C16H23NO4. The molecule has 5 nitrogen and oxygen atoms in total. The van der Waals surface area contributed by atoms with Gasteiger partial charge in [-0.15, -0.1) is 0 Å². The van der Waals surface area contributed by atoms with Crippen molar-refractivity contribution in [2.24, 2.45) is 0 Å². The molecule has 1 fully saturated rings. The number of rotatable bonds is 6. The maximum atomic E-state index is 12.2. The molecule has 2 unspecified atom stereocenters. The van der Waals surface area contributed by atoms with Crippen molar-refractivity contribution >= 4 is 5.91 Å². The summed E-state index contributed by atoms with van der Waals surface area (Å²) in [5.74, 6) is 1.37. The first-order chi connectivity index (χ1) is 10.1. The van der Waals surface area contributed by atoms with Gasteiger partial charge in [0.05, 0.1) is 32.8 Å². The molecule has 5 heteroatoms. The predicted octanol–water partition coefficient (Wildman–Crippen LogP) is 1.93. The van der Waals surface area contributed by atoms with E-state index in [4.69, 9.17) is 14.2 Å². The zero-order chi connectivity index (χ0) is 15.2. The molecule has 0 radical (unpaired) electrons. The van der Waals surface area contributed by atoms with Gasteiger partial charge in [-0.3, -0.25) is 4.79 Å². The van der Waals surface area contributed by atoms with Crippen LogP contribution < -0.4 is 14.8 Å². The lowest BCUT2D eigenvalue weighted by molar-refractivity contribution is -0.121. The first-order valence-corrected chi connectivity index (χ1v) is 7.26. The molecule has 2 atom stereocenters. The van der Waals surface area contributed by atoms with Gasteiger partial charge >= 0.3 is 0 Å². The summed E-state index contributed by atoms with van der Waals surface area (Å²) in [5, 5.41) is 3.00. The number of hydrogen-bond donors (Lipinski definition) is 1. The Balaban J connectivity index is 1.98. The van der Waals surface area contributed by atoms with E-state index < -0.39 is 0 Å². The van der Waals surface area contributed by atoms with Crippen LogP contribution in [0.2, 0.25) is 0 Å². The number of carbonyl (C=O) groups excluding carboxylic acids is 1. The zero-order valence-corrected chi connectivity index (χ0v) is 12.8. The largest absolute Gasteiger partial charge is 0.497 e. The quantitative estimate of drug-likeness (QED) is 0.870. The van der Waals surface area contributed by atoms with E-state index in [1.807, 2.05) is 25.1 Å². The van der Waals surface area contributed by atoms with E-state index in [2.05, 4.69) is 5.32 Å². The van der Waals surface area contributed by atoms with Crippen LogP contribution in [-0.4, -0.2) is 38.9 Å². The lowest BCUT2D eigenvalue weighted by Gasteiger charge is -2.20. The molecule has 1 aliphatic heterocycles. The van der Waals surface area contributed by atoms with Crippen molar-refractivity contribution in [1.29, 1.82) is 0 Å². The highest BCUT2D eigenvalue weighted by atomic mass is 16.5. The number of nitrogens with one attached hydrogen (secondary N) is 1. The van der Waals surface area contributed by atoms with Crippen molar-refractivity contribution in [1.82, 2.24) is 5.32 Å². The van der Waals surface area contributed by atoms with Gasteiger partial charge < -0.3 is 19.5 Å². The molecular weight excluding hydrogens is 270 g/mol. The van der Waals surface area contributed by atoms with Crippen LogP contribution in [0.3, 0.4) is 0 Å². The fraction of sp³-hybridized carbons (Fsp3) is 0.562. The maximum absolute atomic E-state index is 12.2. The van der Waals surface area contributed by atoms with Gasteiger partial charge in [0.1, 0.15) is 11.5 Å². The van der Waals surface area contributed by atoms with Crippen molar-refractivity contribution in [3.8, 4) is 11.5 Å². The van der Waals surface area contributed by atoms with Crippen molar-refractivity contribution in [2.75, 3.05) is 20.8 Å². The van der Waals surface area contributed by atoms with E-state index >= 15 is 0 Å². The molecule has 1 amide bonds. The summed E-state index contributed by atoms with van der Waals surface area (Å²) in [6.07, 6.45) is 2.46. The summed E-state index contributed by atoms with van der Waals surface area (Å²) < 4.78 is 16.1. The minimum Gasteiger partial charge on any atom is -0.497 e. The van der Waals surface area contributed by atoms with Crippen molar-refractivity contribution in [3.63, 3.8) is 0 Å². The summed E-state index contributed by atoms with van der Waals surface area (Å²) in [6, 6.07) is 5.48. The molecule has 21 heavy (non-hydrogen) atoms. The summed E-state index contributed by atoms with van der Waals surface area (Å²) in [5.41, 5.74) is 0.814. The number of amides is 1. The van der Waals surface area contributed by atoms with E-state index in [0.717, 1.165) is 25.0 Å². The molecule has 1 aromatic rings. The summed E-state index contributed by atoms with van der Waals surface area (Å²) in [4.78, 5) is 12.2. The van der Waals surface area contributed by atoms with Crippen molar-refractivity contribution in [3.05, 3.63) is 23.8 Å². The van der Waals surface area contributed by atoms with Gasteiger partial charge in [0.2, 0.25) is 5.91 Å². The molecule has 2 rings (SSSR count). The smallest absolute Gasteiger partial charge is 0.224 e. The van der Waals surface area contributed by atoms with Crippen LogP contribution in [0.5, 0.6) is 11.5 Å². The molecule has 0 bridgehead atoms. The average molecular weight is 293 g/mol. The monoisotopic (exact) mass is 293 g/mol. The topological polar surface area (TPSA) is 56.8 Å². The number of hydrogen-bond acceptors (Lipinski definition) is 4. The minimum absolute atomic E-state index is 0.0246. The molecule has 0 aliphatic carbocycles. The predicted molar refractivity (Wildman–Crippen MR) is 79.8 cm³/mol. The van der Waals surface area contributed by atoms with Crippen LogP contribution in [0.15, 0.2) is 18.2 Å².